The summed E-state index contributed by atoms with van der Waals surface area (Å²) in [7, 11) is -3.58. The number of aromatic nitrogens is 4. The molecule has 2 fully saturated rings. The van der Waals surface area contributed by atoms with Gasteiger partial charge in [0, 0.05) is 51.0 Å². The van der Waals surface area contributed by atoms with Crippen LogP contribution in [-0.2, 0) is 10.0 Å². The Morgan fingerprint density at radius 1 is 1.00 bits per heavy atom. The Morgan fingerprint density at radius 2 is 1.70 bits per heavy atom. The number of hydrogen-bond acceptors (Lipinski definition) is 7. The molecule has 164 valence electrons. The van der Waals surface area contributed by atoms with Crippen LogP contribution in [0.2, 0.25) is 0 Å². The maximum absolute atomic E-state index is 12.9. The molecule has 0 amide bonds. The minimum absolute atomic E-state index is 0.115. The van der Waals surface area contributed by atoms with Gasteiger partial charge in [0.25, 0.3) is 10.0 Å². The third kappa shape index (κ3) is 4.15. The van der Waals surface area contributed by atoms with E-state index in [-0.39, 0.29) is 11.1 Å². The van der Waals surface area contributed by atoms with E-state index >= 15 is 0 Å². The summed E-state index contributed by atoms with van der Waals surface area (Å²) < 4.78 is 29.1. The van der Waals surface area contributed by atoms with E-state index in [2.05, 4.69) is 31.9 Å². The summed E-state index contributed by atoms with van der Waals surface area (Å²) in [6.45, 7) is 9.23. The molecule has 10 heteroatoms. The summed E-state index contributed by atoms with van der Waals surface area (Å²) >= 11 is 0. The minimum atomic E-state index is -3.58. The molecule has 2 aliphatic rings. The molecular formula is C20H31N7O2S. The molecule has 2 aliphatic heterocycles. The predicted octanol–water partition coefficient (Wildman–Crippen LogP) is 2.14. The van der Waals surface area contributed by atoms with Crippen molar-refractivity contribution in [2.24, 2.45) is 0 Å². The first-order valence-electron chi connectivity index (χ1n) is 10.7. The van der Waals surface area contributed by atoms with Crippen LogP contribution in [0.5, 0.6) is 0 Å². The zero-order chi connectivity index (χ0) is 21.3. The predicted molar refractivity (Wildman–Crippen MR) is 116 cm³/mol. The lowest BCUT2D eigenvalue weighted by Crippen LogP contribution is -2.49. The van der Waals surface area contributed by atoms with Crippen molar-refractivity contribution in [1.82, 2.24) is 24.1 Å². The second-order valence-electron chi connectivity index (χ2n) is 8.43. The van der Waals surface area contributed by atoms with Gasteiger partial charge in [0.05, 0.1) is 6.33 Å². The first kappa shape index (κ1) is 21.0. The van der Waals surface area contributed by atoms with Crippen LogP contribution in [0.4, 0.5) is 11.6 Å². The van der Waals surface area contributed by atoms with Crippen molar-refractivity contribution in [2.75, 3.05) is 42.5 Å². The van der Waals surface area contributed by atoms with Gasteiger partial charge in [-0.05, 0) is 52.2 Å². The van der Waals surface area contributed by atoms with Gasteiger partial charge in [-0.25, -0.2) is 13.4 Å². The van der Waals surface area contributed by atoms with Crippen LogP contribution in [0.15, 0.2) is 29.7 Å². The van der Waals surface area contributed by atoms with Gasteiger partial charge in [0.2, 0.25) is 0 Å². The number of imidazole rings is 1. The number of anilines is 2. The third-order valence-corrected chi connectivity index (χ3v) is 7.86. The van der Waals surface area contributed by atoms with E-state index in [1.54, 1.807) is 12.5 Å². The molecule has 30 heavy (non-hydrogen) atoms. The van der Waals surface area contributed by atoms with Gasteiger partial charge in [0.15, 0.2) is 16.7 Å². The summed E-state index contributed by atoms with van der Waals surface area (Å²) in [5.74, 6) is 1.72. The molecule has 0 radical (unpaired) electrons. The number of sulfonamides is 1. The Balaban J connectivity index is 1.39. The van der Waals surface area contributed by atoms with Crippen molar-refractivity contribution in [3.05, 3.63) is 24.7 Å². The van der Waals surface area contributed by atoms with Crippen LogP contribution in [0.3, 0.4) is 0 Å². The summed E-state index contributed by atoms with van der Waals surface area (Å²) in [4.78, 5) is 8.53. The van der Waals surface area contributed by atoms with E-state index in [1.165, 1.54) is 23.6 Å². The molecule has 9 nitrogen and oxygen atoms in total. The van der Waals surface area contributed by atoms with Crippen LogP contribution in [-0.4, -0.2) is 71.2 Å². The van der Waals surface area contributed by atoms with Crippen molar-refractivity contribution in [2.45, 2.75) is 57.1 Å². The normalized spacial score (nSPS) is 21.4. The lowest BCUT2D eigenvalue weighted by atomic mass is 10.0. The van der Waals surface area contributed by atoms with Gasteiger partial charge < -0.3 is 14.4 Å². The van der Waals surface area contributed by atoms with E-state index in [4.69, 9.17) is 0 Å². The zero-order valence-corrected chi connectivity index (χ0v) is 18.8. The Morgan fingerprint density at radius 3 is 2.30 bits per heavy atom. The average molecular weight is 434 g/mol. The van der Waals surface area contributed by atoms with Gasteiger partial charge in [-0.15, -0.1) is 10.2 Å². The van der Waals surface area contributed by atoms with Crippen molar-refractivity contribution in [3.63, 3.8) is 0 Å². The Hall–Kier alpha value is -2.20. The molecule has 0 bridgehead atoms. The third-order valence-electron chi connectivity index (χ3n) is 6.07. The summed E-state index contributed by atoms with van der Waals surface area (Å²) in [6, 6.07) is 4.70. The minimum Gasteiger partial charge on any atom is -0.352 e. The largest absolute Gasteiger partial charge is 0.352 e. The monoisotopic (exact) mass is 433 g/mol. The van der Waals surface area contributed by atoms with E-state index < -0.39 is 10.0 Å². The van der Waals surface area contributed by atoms with Crippen molar-refractivity contribution < 1.29 is 8.42 Å². The second kappa shape index (κ2) is 8.50. The van der Waals surface area contributed by atoms with Crippen LogP contribution in [0.1, 0.15) is 46.1 Å². The van der Waals surface area contributed by atoms with E-state index in [1.807, 2.05) is 30.5 Å². The smallest absolute Gasteiger partial charge is 0.262 e. The summed E-state index contributed by atoms with van der Waals surface area (Å²) in [5.41, 5.74) is 0. The Kier molecular flexibility index (Phi) is 5.97. The molecule has 0 aromatic carbocycles. The van der Waals surface area contributed by atoms with Crippen molar-refractivity contribution in [3.8, 4) is 0 Å². The molecule has 0 saturated carbocycles. The molecule has 2 saturated heterocycles. The van der Waals surface area contributed by atoms with E-state index in [9.17, 15) is 8.42 Å². The standard InChI is InChI=1S/C20H31N7O2S/c1-16(2)25-14-20(21-15-25)30(28,29)26-12-10-24(11-13-26)18-7-8-19(23-22-18)27-9-5-4-6-17(27)3/h7-8,14-17H,4-6,9-13H2,1-3H3. The molecule has 0 N–H and O–H groups in total. The van der Waals surface area contributed by atoms with Gasteiger partial charge >= 0.3 is 0 Å². The van der Waals surface area contributed by atoms with E-state index in [0.717, 1.165) is 18.2 Å². The summed E-state index contributed by atoms with van der Waals surface area (Å²) in [6.07, 6.45) is 6.84. The molecule has 1 unspecified atom stereocenters. The van der Waals surface area contributed by atoms with Crippen molar-refractivity contribution in [1.29, 1.82) is 0 Å². The lowest BCUT2D eigenvalue weighted by Gasteiger charge is -2.35. The highest BCUT2D eigenvalue weighted by atomic mass is 32.2. The molecule has 2 aromatic rings. The maximum atomic E-state index is 12.9. The first-order chi connectivity index (χ1) is 14.4. The first-order valence-corrected chi connectivity index (χ1v) is 12.2. The lowest BCUT2D eigenvalue weighted by molar-refractivity contribution is 0.382. The Labute approximate surface area is 178 Å². The van der Waals surface area contributed by atoms with Crippen LogP contribution in [0.25, 0.3) is 0 Å². The highest BCUT2D eigenvalue weighted by Crippen LogP contribution is 2.24. The van der Waals surface area contributed by atoms with Gasteiger partial charge in [0.1, 0.15) is 0 Å². The highest BCUT2D eigenvalue weighted by molar-refractivity contribution is 7.89. The van der Waals surface area contributed by atoms with Crippen LogP contribution >= 0.6 is 0 Å². The quantitative estimate of drug-likeness (QED) is 0.714. The molecule has 4 heterocycles. The molecule has 4 rings (SSSR count). The number of piperazine rings is 1. The number of nitrogens with zero attached hydrogens (tertiary/aromatic N) is 7. The summed E-state index contributed by atoms with van der Waals surface area (Å²) in [5, 5.41) is 9.00. The number of rotatable bonds is 5. The zero-order valence-electron chi connectivity index (χ0n) is 18.0. The van der Waals surface area contributed by atoms with Gasteiger partial charge in [-0.2, -0.15) is 4.31 Å². The average Bonchev–Trinajstić information content (AvgIpc) is 3.26. The number of piperidine rings is 1. The van der Waals surface area contributed by atoms with Crippen LogP contribution < -0.4 is 9.80 Å². The maximum Gasteiger partial charge on any atom is 0.262 e. The highest BCUT2D eigenvalue weighted by Gasteiger charge is 2.31. The fourth-order valence-corrected chi connectivity index (χ4v) is 5.45. The molecule has 0 aliphatic carbocycles. The topological polar surface area (TPSA) is 87.5 Å². The number of hydrogen-bond donors (Lipinski definition) is 0. The molecule has 2 aromatic heterocycles. The fraction of sp³-hybridized carbons (Fsp3) is 0.650. The fourth-order valence-electron chi connectivity index (χ4n) is 4.10. The van der Waals surface area contributed by atoms with E-state index in [0.29, 0.717) is 32.2 Å². The second-order valence-corrected chi connectivity index (χ2v) is 10.3. The van der Waals surface area contributed by atoms with Crippen molar-refractivity contribution >= 4 is 21.7 Å². The van der Waals surface area contributed by atoms with Crippen LogP contribution in [0, 0.1) is 0 Å². The van der Waals surface area contributed by atoms with Gasteiger partial charge in [-0.1, -0.05) is 0 Å². The Bertz CT molecular complexity index is 950. The molecule has 0 spiro atoms. The molecular weight excluding hydrogens is 402 g/mol. The SMILES string of the molecule is CC1CCCCN1c1ccc(N2CCN(S(=O)(=O)c3cn(C(C)C)cn3)CC2)nn1. The van der Waals surface area contributed by atoms with Gasteiger partial charge in [-0.3, -0.25) is 0 Å². The molecule has 1 atom stereocenters.